The molecule has 0 bridgehead atoms. The van der Waals surface area contributed by atoms with Crippen LogP contribution in [-0.2, 0) is 5.54 Å². The smallest absolute Gasteiger partial charge is 0.269 e. The van der Waals surface area contributed by atoms with Gasteiger partial charge in [0.25, 0.3) is 5.69 Å². The summed E-state index contributed by atoms with van der Waals surface area (Å²) in [5, 5.41) is 19.3. The lowest BCUT2D eigenvalue weighted by atomic mass is 9.94. The number of non-ortho nitro benzene ring substituents is 1. The second-order valence-electron chi connectivity index (χ2n) is 3.38. The molecular formula is C9H12N2O3. The Morgan fingerprint density at radius 3 is 2.36 bits per heavy atom. The second kappa shape index (κ2) is 3.73. The van der Waals surface area contributed by atoms with Gasteiger partial charge in [0.2, 0.25) is 0 Å². The van der Waals surface area contributed by atoms with Gasteiger partial charge >= 0.3 is 0 Å². The van der Waals surface area contributed by atoms with Gasteiger partial charge in [-0.1, -0.05) is 12.1 Å². The van der Waals surface area contributed by atoms with Crippen LogP contribution in [0.1, 0.15) is 12.5 Å². The Kier molecular flexibility index (Phi) is 2.83. The SMILES string of the molecule is C[C@](N)(CO)c1ccc([N+](=O)[O-])cc1. The lowest BCUT2D eigenvalue weighted by molar-refractivity contribution is -0.384. The summed E-state index contributed by atoms with van der Waals surface area (Å²) in [7, 11) is 0. The fraction of sp³-hybridized carbons (Fsp3) is 0.333. The monoisotopic (exact) mass is 196 g/mol. The Labute approximate surface area is 81.3 Å². The van der Waals surface area contributed by atoms with Crippen molar-refractivity contribution in [2.75, 3.05) is 6.61 Å². The normalized spacial score (nSPS) is 14.8. The van der Waals surface area contributed by atoms with E-state index in [9.17, 15) is 10.1 Å². The molecule has 0 aliphatic carbocycles. The van der Waals surface area contributed by atoms with Crippen LogP contribution < -0.4 is 5.73 Å². The summed E-state index contributed by atoms with van der Waals surface area (Å²) in [5.74, 6) is 0. The Morgan fingerprint density at radius 1 is 1.50 bits per heavy atom. The number of benzene rings is 1. The predicted molar refractivity (Wildman–Crippen MR) is 51.7 cm³/mol. The Bertz CT molecular complexity index is 332. The van der Waals surface area contributed by atoms with Gasteiger partial charge in [0.1, 0.15) is 0 Å². The van der Waals surface area contributed by atoms with E-state index in [1.165, 1.54) is 12.1 Å². The average molecular weight is 196 g/mol. The number of nitrogens with zero attached hydrogens (tertiary/aromatic N) is 1. The largest absolute Gasteiger partial charge is 0.394 e. The summed E-state index contributed by atoms with van der Waals surface area (Å²) in [6.07, 6.45) is 0. The van der Waals surface area contributed by atoms with Crippen molar-refractivity contribution in [1.29, 1.82) is 0 Å². The van der Waals surface area contributed by atoms with Crippen LogP contribution in [0, 0.1) is 10.1 Å². The molecule has 5 heteroatoms. The van der Waals surface area contributed by atoms with Gasteiger partial charge in [-0.05, 0) is 12.5 Å². The maximum Gasteiger partial charge on any atom is 0.269 e. The summed E-state index contributed by atoms with van der Waals surface area (Å²) < 4.78 is 0. The van der Waals surface area contributed by atoms with Crippen LogP contribution in [0.5, 0.6) is 0 Å². The van der Waals surface area contributed by atoms with Crippen molar-refractivity contribution in [3.63, 3.8) is 0 Å². The van der Waals surface area contributed by atoms with E-state index in [-0.39, 0.29) is 12.3 Å². The lowest BCUT2D eigenvalue weighted by Crippen LogP contribution is -2.36. The maximum absolute atomic E-state index is 10.4. The molecule has 0 aromatic heterocycles. The zero-order chi connectivity index (χ0) is 10.8. The summed E-state index contributed by atoms with van der Waals surface area (Å²) in [5.41, 5.74) is 5.58. The predicted octanol–water partition coefficient (Wildman–Crippen LogP) is 0.761. The third-order valence-electron chi connectivity index (χ3n) is 2.07. The highest BCUT2D eigenvalue weighted by molar-refractivity contribution is 5.35. The molecule has 0 spiro atoms. The number of nitro benzene ring substituents is 1. The molecule has 0 unspecified atom stereocenters. The van der Waals surface area contributed by atoms with Gasteiger partial charge in [-0.2, -0.15) is 0 Å². The van der Waals surface area contributed by atoms with E-state index < -0.39 is 10.5 Å². The van der Waals surface area contributed by atoms with Crippen LogP contribution in [0.2, 0.25) is 0 Å². The first-order valence-corrected chi connectivity index (χ1v) is 4.12. The molecule has 0 saturated carbocycles. The van der Waals surface area contributed by atoms with Crippen molar-refractivity contribution in [1.82, 2.24) is 0 Å². The van der Waals surface area contributed by atoms with Crippen LogP contribution in [0.25, 0.3) is 0 Å². The summed E-state index contributed by atoms with van der Waals surface area (Å²) in [4.78, 5) is 9.88. The molecule has 0 aliphatic heterocycles. The molecule has 0 aliphatic rings. The highest BCUT2D eigenvalue weighted by Crippen LogP contribution is 2.20. The van der Waals surface area contributed by atoms with Gasteiger partial charge in [0, 0.05) is 12.1 Å². The minimum Gasteiger partial charge on any atom is -0.394 e. The van der Waals surface area contributed by atoms with Crippen LogP contribution >= 0.6 is 0 Å². The molecule has 0 saturated heterocycles. The highest BCUT2D eigenvalue weighted by atomic mass is 16.6. The van der Waals surface area contributed by atoms with Crippen molar-refractivity contribution in [3.05, 3.63) is 39.9 Å². The quantitative estimate of drug-likeness (QED) is 0.551. The minimum absolute atomic E-state index is 0.0162. The maximum atomic E-state index is 10.4. The third-order valence-corrected chi connectivity index (χ3v) is 2.07. The van der Waals surface area contributed by atoms with E-state index in [0.29, 0.717) is 5.56 Å². The van der Waals surface area contributed by atoms with Gasteiger partial charge in [-0.3, -0.25) is 10.1 Å². The first kappa shape index (κ1) is 10.6. The Morgan fingerprint density at radius 2 is 2.00 bits per heavy atom. The van der Waals surface area contributed by atoms with E-state index in [1.54, 1.807) is 19.1 Å². The van der Waals surface area contributed by atoms with E-state index in [1.807, 2.05) is 0 Å². The molecule has 0 heterocycles. The molecule has 0 radical (unpaired) electrons. The molecule has 76 valence electrons. The first-order chi connectivity index (χ1) is 6.47. The number of nitro groups is 1. The zero-order valence-electron chi connectivity index (χ0n) is 7.80. The minimum atomic E-state index is -0.852. The van der Waals surface area contributed by atoms with E-state index in [4.69, 9.17) is 10.8 Å². The van der Waals surface area contributed by atoms with Crippen molar-refractivity contribution < 1.29 is 10.0 Å². The molecule has 1 rings (SSSR count). The fourth-order valence-corrected chi connectivity index (χ4v) is 1.06. The van der Waals surface area contributed by atoms with Crippen LogP contribution in [0.3, 0.4) is 0 Å². The number of nitrogens with two attached hydrogens (primary N) is 1. The van der Waals surface area contributed by atoms with E-state index in [0.717, 1.165) is 0 Å². The van der Waals surface area contributed by atoms with Crippen molar-refractivity contribution in [2.45, 2.75) is 12.5 Å². The van der Waals surface area contributed by atoms with Crippen molar-refractivity contribution in [2.24, 2.45) is 5.73 Å². The van der Waals surface area contributed by atoms with Crippen LogP contribution in [-0.4, -0.2) is 16.6 Å². The van der Waals surface area contributed by atoms with Crippen LogP contribution in [0.4, 0.5) is 5.69 Å². The molecular weight excluding hydrogens is 184 g/mol. The number of rotatable bonds is 3. The molecule has 0 amide bonds. The Balaban J connectivity index is 2.99. The molecule has 1 aromatic carbocycles. The van der Waals surface area contributed by atoms with Gasteiger partial charge in [-0.15, -0.1) is 0 Å². The number of hydrogen-bond donors (Lipinski definition) is 2. The first-order valence-electron chi connectivity index (χ1n) is 4.12. The zero-order valence-corrected chi connectivity index (χ0v) is 7.80. The van der Waals surface area contributed by atoms with Crippen molar-refractivity contribution >= 4 is 5.69 Å². The third kappa shape index (κ3) is 2.07. The van der Waals surface area contributed by atoms with E-state index >= 15 is 0 Å². The number of aliphatic hydroxyl groups excluding tert-OH is 1. The lowest BCUT2D eigenvalue weighted by Gasteiger charge is -2.21. The summed E-state index contributed by atoms with van der Waals surface area (Å²) in [6, 6.07) is 5.84. The van der Waals surface area contributed by atoms with Gasteiger partial charge in [-0.25, -0.2) is 0 Å². The van der Waals surface area contributed by atoms with Crippen molar-refractivity contribution in [3.8, 4) is 0 Å². The second-order valence-corrected chi connectivity index (χ2v) is 3.38. The molecule has 1 aromatic rings. The fourth-order valence-electron chi connectivity index (χ4n) is 1.06. The summed E-state index contributed by atoms with van der Waals surface area (Å²) >= 11 is 0. The average Bonchev–Trinajstić information content (AvgIpc) is 2.18. The molecule has 3 N–H and O–H groups in total. The van der Waals surface area contributed by atoms with Crippen LogP contribution in [0.15, 0.2) is 24.3 Å². The number of hydrogen-bond acceptors (Lipinski definition) is 4. The molecule has 1 atom stereocenters. The molecule has 14 heavy (non-hydrogen) atoms. The highest BCUT2D eigenvalue weighted by Gasteiger charge is 2.20. The van der Waals surface area contributed by atoms with Gasteiger partial charge in [0.05, 0.1) is 17.1 Å². The standard InChI is InChI=1S/C9H12N2O3/c1-9(10,6-12)7-2-4-8(5-3-7)11(13)14/h2-5,12H,6,10H2,1H3/t9-/m0/s1. The summed E-state index contributed by atoms with van der Waals surface area (Å²) in [6.45, 7) is 1.46. The number of aliphatic hydroxyl groups is 1. The molecule has 0 fully saturated rings. The Hall–Kier alpha value is -1.46. The van der Waals surface area contributed by atoms with Gasteiger partial charge < -0.3 is 10.8 Å². The van der Waals surface area contributed by atoms with E-state index in [2.05, 4.69) is 0 Å². The topological polar surface area (TPSA) is 89.4 Å². The van der Waals surface area contributed by atoms with Gasteiger partial charge in [0.15, 0.2) is 0 Å². The molecule has 5 nitrogen and oxygen atoms in total.